The van der Waals surface area contributed by atoms with Crippen LogP contribution in [0.3, 0.4) is 0 Å². The zero-order valence-electron chi connectivity index (χ0n) is 10.1. The van der Waals surface area contributed by atoms with E-state index in [0.29, 0.717) is 12.3 Å². The SMILES string of the molecule is COC(=O)C(NCc1cc(C)no1)C(C)C. The summed E-state index contributed by atoms with van der Waals surface area (Å²) in [6.45, 7) is 6.24. The predicted molar refractivity (Wildman–Crippen MR) is 58.7 cm³/mol. The third kappa shape index (κ3) is 3.34. The summed E-state index contributed by atoms with van der Waals surface area (Å²) in [6, 6.07) is 1.51. The highest BCUT2D eigenvalue weighted by Gasteiger charge is 2.22. The van der Waals surface area contributed by atoms with Gasteiger partial charge in [-0.3, -0.25) is 10.1 Å². The second-order valence-electron chi connectivity index (χ2n) is 4.06. The van der Waals surface area contributed by atoms with Gasteiger partial charge in [-0.05, 0) is 12.8 Å². The normalized spacial score (nSPS) is 12.8. The molecule has 0 saturated heterocycles. The molecule has 1 aromatic heterocycles. The Morgan fingerprint density at radius 1 is 1.62 bits per heavy atom. The molecule has 1 rings (SSSR count). The molecule has 0 aliphatic rings. The second kappa shape index (κ2) is 5.65. The standard InChI is InChI=1S/C11H18N2O3/c1-7(2)10(11(14)15-4)12-6-9-5-8(3)13-16-9/h5,7,10,12H,6H2,1-4H3. The first-order chi connectivity index (χ1) is 7.54. The summed E-state index contributed by atoms with van der Waals surface area (Å²) in [7, 11) is 1.39. The summed E-state index contributed by atoms with van der Waals surface area (Å²) >= 11 is 0. The van der Waals surface area contributed by atoms with Crippen LogP contribution in [0, 0.1) is 12.8 Å². The van der Waals surface area contributed by atoms with Crippen molar-refractivity contribution < 1.29 is 14.1 Å². The van der Waals surface area contributed by atoms with E-state index >= 15 is 0 Å². The molecular weight excluding hydrogens is 208 g/mol. The molecule has 0 aromatic carbocycles. The molecule has 0 radical (unpaired) electrons. The fourth-order valence-electron chi connectivity index (χ4n) is 1.43. The van der Waals surface area contributed by atoms with Crippen molar-refractivity contribution >= 4 is 5.97 Å². The lowest BCUT2D eigenvalue weighted by molar-refractivity contribution is -0.144. The van der Waals surface area contributed by atoms with Gasteiger partial charge in [-0.15, -0.1) is 0 Å². The van der Waals surface area contributed by atoms with Crippen molar-refractivity contribution in [2.45, 2.75) is 33.4 Å². The van der Waals surface area contributed by atoms with Crippen molar-refractivity contribution in [1.82, 2.24) is 10.5 Å². The molecule has 0 aliphatic carbocycles. The van der Waals surface area contributed by atoms with E-state index in [2.05, 4.69) is 10.5 Å². The van der Waals surface area contributed by atoms with Crippen molar-refractivity contribution in [3.63, 3.8) is 0 Å². The summed E-state index contributed by atoms with van der Waals surface area (Å²) in [6.07, 6.45) is 0. The van der Waals surface area contributed by atoms with Crippen molar-refractivity contribution in [1.29, 1.82) is 0 Å². The molecule has 0 saturated carbocycles. The van der Waals surface area contributed by atoms with Gasteiger partial charge in [0, 0.05) is 6.07 Å². The zero-order valence-corrected chi connectivity index (χ0v) is 10.1. The van der Waals surface area contributed by atoms with Crippen LogP contribution in [0.15, 0.2) is 10.6 Å². The van der Waals surface area contributed by atoms with Gasteiger partial charge < -0.3 is 9.26 Å². The number of aromatic nitrogens is 1. The molecule has 0 aliphatic heterocycles. The lowest BCUT2D eigenvalue weighted by atomic mass is 10.0. The van der Waals surface area contributed by atoms with Crippen LogP contribution in [0.5, 0.6) is 0 Å². The first-order valence-corrected chi connectivity index (χ1v) is 5.28. The highest BCUT2D eigenvalue weighted by atomic mass is 16.5. The Morgan fingerprint density at radius 3 is 2.75 bits per heavy atom. The smallest absolute Gasteiger partial charge is 0.323 e. The minimum Gasteiger partial charge on any atom is -0.468 e. The van der Waals surface area contributed by atoms with E-state index in [0.717, 1.165) is 5.69 Å². The average molecular weight is 226 g/mol. The van der Waals surface area contributed by atoms with Crippen LogP contribution in [0.1, 0.15) is 25.3 Å². The van der Waals surface area contributed by atoms with Gasteiger partial charge in [-0.1, -0.05) is 19.0 Å². The fraction of sp³-hybridized carbons (Fsp3) is 0.636. The minimum atomic E-state index is -0.324. The van der Waals surface area contributed by atoms with E-state index in [4.69, 9.17) is 9.26 Å². The third-order valence-corrected chi connectivity index (χ3v) is 2.29. The Kier molecular flexibility index (Phi) is 4.49. The molecule has 5 heteroatoms. The van der Waals surface area contributed by atoms with Crippen LogP contribution < -0.4 is 5.32 Å². The molecule has 5 nitrogen and oxygen atoms in total. The molecule has 1 heterocycles. The topological polar surface area (TPSA) is 64.4 Å². The van der Waals surface area contributed by atoms with Gasteiger partial charge in [0.15, 0.2) is 5.76 Å². The molecule has 1 atom stereocenters. The number of carbonyl (C=O) groups is 1. The molecule has 1 aromatic rings. The number of carbonyl (C=O) groups excluding carboxylic acids is 1. The van der Waals surface area contributed by atoms with Crippen LogP contribution in [-0.4, -0.2) is 24.3 Å². The van der Waals surface area contributed by atoms with Gasteiger partial charge in [-0.2, -0.15) is 0 Å². The lowest BCUT2D eigenvalue weighted by Crippen LogP contribution is -2.41. The molecule has 1 N–H and O–H groups in total. The first-order valence-electron chi connectivity index (χ1n) is 5.28. The van der Waals surface area contributed by atoms with E-state index in [1.54, 1.807) is 0 Å². The third-order valence-electron chi connectivity index (χ3n) is 2.29. The summed E-state index contributed by atoms with van der Waals surface area (Å²) < 4.78 is 9.76. The molecule has 0 amide bonds. The van der Waals surface area contributed by atoms with E-state index in [9.17, 15) is 4.79 Å². The van der Waals surface area contributed by atoms with Gasteiger partial charge in [0.25, 0.3) is 0 Å². The zero-order chi connectivity index (χ0) is 12.1. The van der Waals surface area contributed by atoms with E-state index < -0.39 is 0 Å². The summed E-state index contributed by atoms with van der Waals surface area (Å²) in [5.74, 6) is 0.620. The minimum absolute atomic E-state index is 0.163. The quantitative estimate of drug-likeness (QED) is 0.766. The predicted octanol–water partition coefficient (Wildman–Crippen LogP) is 1.27. The van der Waals surface area contributed by atoms with Gasteiger partial charge in [-0.25, -0.2) is 0 Å². The molecule has 0 spiro atoms. The molecule has 0 fully saturated rings. The molecule has 16 heavy (non-hydrogen) atoms. The molecule has 90 valence electrons. The first kappa shape index (κ1) is 12.7. The maximum Gasteiger partial charge on any atom is 0.323 e. The van der Waals surface area contributed by atoms with E-state index in [-0.39, 0.29) is 17.9 Å². The van der Waals surface area contributed by atoms with Gasteiger partial charge in [0.1, 0.15) is 6.04 Å². The van der Waals surface area contributed by atoms with Crippen molar-refractivity contribution in [2.24, 2.45) is 5.92 Å². The van der Waals surface area contributed by atoms with Crippen LogP contribution in [0.4, 0.5) is 0 Å². The molecule has 1 unspecified atom stereocenters. The average Bonchev–Trinajstić information content (AvgIpc) is 2.63. The fourth-order valence-corrected chi connectivity index (χ4v) is 1.43. The van der Waals surface area contributed by atoms with Gasteiger partial charge in [0.05, 0.1) is 19.3 Å². The lowest BCUT2D eigenvalue weighted by Gasteiger charge is -2.18. The number of ether oxygens (including phenoxy) is 1. The van der Waals surface area contributed by atoms with Crippen molar-refractivity contribution in [3.05, 3.63) is 17.5 Å². The monoisotopic (exact) mass is 226 g/mol. The number of nitrogens with one attached hydrogen (secondary N) is 1. The van der Waals surface area contributed by atoms with Crippen molar-refractivity contribution in [2.75, 3.05) is 7.11 Å². The van der Waals surface area contributed by atoms with Crippen LogP contribution >= 0.6 is 0 Å². The van der Waals surface area contributed by atoms with E-state index in [1.165, 1.54) is 7.11 Å². The molecular formula is C11H18N2O3. The number of aryl methyl sites for hydroxylation is 1. The number of nitrogens with zero attached hydrogens (tertiary/aromatic N) is 1. The Labute approximate surface area is 95.1 Å². The summed E-state index contributed by atoms with van der Waals surface area (Å²) in [5.41, 5.74) is 0.830. The highest BCUT2D eigenvalue weighted by Crippen LogP contribution is 2.07. The number of methoxy groups -OCH3 is 1. The number of hydrogen-bond acceptors (Lipinski definition) is 5. The summed E-state index contributed by atoms with van der Waals surface area (Å²) in [4.78, 5) is 11.4. The Hall–Kier alpha value is -1.36. The number of rotatable bonds is 5. The molecule has 0 bridgehead atoms. The maximum atomic E-state index is 11.4. The summed E-state index contributed by atoms with van der Waals surface area (Å²) in [5, 5.41) is 6.86. The Morgan fingerprint density at radius 2 is 2.31 bits per heavy atom. The Bertz CT molecular complexity index is 347. The second-order valence-corrected chi connectivity index (χ2v) is 4.06. The Balaban J connectivity index is 2.53. The van der Waals surface area contributed by atoms with Crippen LogP contribution in [0.2, 0.25) is 0 Å². The van der Waals surface area contributed by atoms with E-state index in [1.807, 2.05) is 26.8 Å². The number of hydrogen-bond donors (Lipinski definition) is 1. The van der Waals surface area contributed by atoms with Crippen molar-refractivity contribution in [3.8, 4) is 0 Å². The van der Waals surface area contributed by atoms with Gasteiger partial charge in [0.2, 0.25) is 0 Å². The highest BCUT2D eigenvalue weighted by molar-refractivity contribution is 5.75. The maximum absolute atomic E-state index is 11.4. The van der Waals surface area contributed by atoms with Crippen LogP contribution in [-0.2, 0) is 16.1 Å². The van der Waals surface area contributed by atoms with Crippen LogP contribution in [0.25, 0.3) is 0 Å². The number of esters is 1. The largest absolute Gasteiger partial charge is 0.468 e. The van der Waals surface area contributed by atoms with Gasteiger partial charge >= 0.3 is 5.97 Å².